The molecule has 0 aliphatic rings. The predicted octanol–water partition coefficient (Wildman–Crippen LogP) is 1.10. The highest BCUT2D eigenvalue weighted by molar-refractivity contribution is 5.96. The maximum absolute atomic E-state index is 13.6. The summed E-state index contributed by atoms with van der Waals surface area (Å²) < 4.78 is 18.8. The first kappa shape index (κ1) is 15.9. The van der Waals surface area contributed by atoms with E-state index >= 15 is 0 Å². The number of aliphatic hydroxyl groups excluding tert-OH is 1. The highest BCUT2D eigenvalue weighted by Gasteiger charge is 2.18. The lowest BCUT2D eigenvalue weighted by molar-refractivity contribution is -0.126. The lowest BCUT2D eigenvalue weighted by Crippen LogP contribution is -2.43. The number of amides is 3. The van der Waals surface area contributed by atoms with Gasteiger partial charge in [-0.05, 0) is 26.0 Å². The molecule has 7 heteroatoms. The minimum absolute atomic E-state index is 0.131. The molecule has 0 saturated carbocycles. The van der Waals surface area contributed by atoms with Crippen LogP contribution in [0.4, 0.5) is 9.18 Å². The molecule has 0 aliphatic carbocycles. The molecule has 6 nitrogen and oxygen atoms in total. The van der Waals surface area contributed by atoms with Crippen LogP contribution in [0, 0.1) is 5.82 Å². The molecular formula is C13H17FN2O4. The Morgan fingerprint density at radius 3 is 2.50 bits per heavy atom. The van der Waals surface area contributed by atoms with Crippen molar-refractivity contribution < 1.29 is 23.8 Å². The number of benzene rings is 1. The fourth-order valence-electron chi connectivity index (χ4n) is 1.45. The van der Waals surface area contributed by atoms with Crippen molar-refractivity contribution in [2.75, 3.05) is 7.05 Å². The molecule has 1 aromatic rings. The zero-order valence-electron chi connectivity index (χ0n) is 11.4. The third-order valence-corrected chi connectivity index (χ3v) is 2.57. The number of aliphatic hydroxyl groups is 1. The maximum Gasteiger partial charge on any atom is 0.321 e. The average molecular weight is 284 g/mol. The van der Waals surface area contributed by atoms with Gasteiger partial charge < -0.3 is 15.2 Å². The quantitative estimate of drug-likeness (QED) is 0.772. The second-order valence-electron chi connectivity index (χ2n) is 4.19. The molecule has 0 heterocycles. The molecule has 110 valence electrons. The Labute approximate surface area is 115 Å². The SMILES string of the molecule is CNC(=O)NC(=O)C(C)Oc1ccc([C@@H](C)O)c(F)c1. The van der Waals surface area contributed by atoms with Gasteiger partial charge in [-0.2, -0.15) is 0 Å². The van der Waals surface area contributed by atoms with Crippen LogP contribution in [-0.2, 0) is 4.79 Å². The summed E-state index contributed by atoms with van der Waals surface area (Å²) in [5.74, 6) is -1.15. The lowest BCUT2D eigenvalue weighted by Gasteiger charge is -2.15. The molecule has 0 saturated heterocycles. The molecule has 2 atom stereocenters. The summed E-state index contributed by atoms with van der Waals surface area (Å²) in [5, 5.41) is 13.6. The first-order valence-electron chi connectivity index (χ1n) is 6.02. The number of hydrogen-bond donors (Lipinski definition) is 3. The van der Waals surface area contributed by atoms with E-state index in [9.17, 15) is 19.1 Å². The Hall–Kier alpha value is -2.15. The van der Waals surface area contributed by atoms with Crippen LogP contribution in [0.1, 0.15) is 25.5 Å². The summed E-state index contributed by atoms with van der Waals surface area (Å²) in [6, 6.07) is 3.24. The molecule has 3 N–H and O–H groups in total. The maximum atomic E-state index is 13.6. The van der Waals surface area contributed by atoms with Crippen LogP contribution in [0.2, 0.25) is 0 Å². The molecule has 0 fully saturated rings. The lowest BCUT2D eigenvalue weighted by atomic mass is 10.1. The topological polar surface area (TPSA) is 87.7 Å². The molecular weight excluding hydrogens is 267 g/mol. The third-order valence-electron chi connectivity index (χ3n) is 2.57. The van der Waals surface area contributed by atoms with Crippen molar-refractivity contribution in [3.05, 3.63) is 29.6 Å². The third kappa shape index (κ3) is 4.20. The van der Waals surface area contributed by atoms with Gasteiger partial charge in [-0.25, -0.2) is 9.18 Å². The van der Waals surface area contributed by atoms with Gasteiger partial charge in [0.1, 0.15) is 11.6 Å². The van der Waals surface area contributed by atoms with Crippen LogP contribution in [0.25, 0.3) is 0 Å². The van der Waals surface area contributed by atoms with E-state index < -0.39 is 30.0 Å². The van der Waals surface area contributed by atoms with E-state index in [1.807, 2.05) is 5.32 Å². The number of rotatable bonds is 4. The summed E-state index contributed by atoms with van der Waals surface area (Å²) in [6.45, 7) is 2.87. The van der Waals surface area contributed by atoms with Gasteiger partial charge in [0.25, 0.3) is 5.91 Å². The molecule has 20 heavy (non-hydrogen) atoms. The minimum atomic E-state index is -0.968. The van der Waals surface area contributed by atoms with Gasteiger partial charge in [0.15, 0.2) is 6.10 Å². The van der Waals surface area contributed by atoms with Crippen molar-refractivity contribution in [1.82, 2.24) is 10.6 Å². The number of carbonyl (C=O) groups excluding carboxylic acids is 2. The molecule has 0 spiro atoms. The van der Waals surface area contributed by atoms with Gasteiger partial charge >= 0.3 is 6.03 Å². The Morgan fingerprint density at radius 1 is 1.35 bits per heavy atom. The van der Waals surface area contributed by atoms with Crippen LogP contribution >= 0.6 is 0 Å². The summed E-state index contributed by atoms with van der Waals surface area (Å²) >= 11 is 0. The van der Waals surface area contributed by atoms with Crippen molar-refractivity contribution >= 4 is 11.9 Å². The summed E-state index contributed by atoms with van der Waals surface area (Å²) in [5.41, 5.74) is 0.139. The van der Waals surface area contributed by atoms with Crippen molar-refractivity contribution in [2.24, 2.45) is 0 Å². The van der Waals surface area contributed by atoms with E-state index in [1.165, 1.54) is 33.0 Å². The van der Waals surface area contributed by atoms with Crippen LogP contribution in [0.15, 0.2) is 18.2 Å². The van der Waals surface area contributed by atoms with E-state index in [-0.39, 0.29) is 11.3 Å². The summed E-state index contributed by atoms with van der Waals surface area (Å²) in [6.07, 6.45) is -1.90. The number of ether oxygens (including phenoxy) is 1. The van der Waals surface area contributed by atoms with Crippen LogP contribution < -0.4 is 15.4 Å². The largest absolute Gasteiger partial charge is 0.481 e. The number of nitrogens with one attached hydrogen (secondary N) is 2. The Kier molecular flexibility index (Phi) is 5.45. The van der Waals surface area contributed by atoms with Gasteiger partial charge in [0, 0.05) is 18.7 Å². The zero-order valence-corrected chi connectivity index (χ0v) is 11.4. The summed E-state index contributed by atoms with van der Waals surface area (Å²) in [4.78, 5) is 22.5. The molecule has 1 rings (SSSR count). The molecule has 0 aliphatic heterocycles. The second kappa shape index (κ2) is 6.85. The minimum Gasteiger partial charge on any atom is -0.481 e. The fraction of sp³-hybridized carbons (Fsp3) is 0.385. The number of urea groups is 1. The molecule has 1 unspecified atom stereocenters. The van der Waals surface area contributed by atoms with E-state index in [1.54, 1.807) is 0 Å². The Balaban J connectivity index is 2.71. The van der Waals surface area contributed by atoms with Crippen LogP contribution in [0.3, 0.4) is 0 Å². The van der Waals surface area contributed by atoms with E-state index in [4.69, 9.17) is 4.74 Å². The van der Waals surface area contributed by atoms with Crippen molar-refractivity contribution in [2.45, 2.75) is 26.1 Å². The number of carbonyl (C=O) groups is 2. The Morgan fingerprint density at radius 2 is 2.00 bits per heavy atom. The zero-order chi connectivity index (χ0) is 15.3. The molecule has 1 aromatic carbocycles. The highest BCUT2D eigenvalue weighted by atomic mass is 19.1. The van der Waals surface area contributed by atoms with Gasteiger partial charge in [-0.1, -0.05) is 0 Å². The number of imide groups is 1. The van der Waals surface area contributed by atoms with E-state index in [0.29, 0.717) is 0 Å². The average Bonchev–Trinajstić information content (AvgIpc) is 2.37. The van der Waals surface area contributed by atoms with Crippen molar-refractivity contribution in [3.63, 3.8) is 0 Å². The van der Waals surface area contributed by atoms with E-state index in [2.05, 4.69) is 5.32 Å². The van der Waals surface area contributed by atoms with Crippen LogP contribution in [-0.4, -0.2) is 30.2 Å². The Bertz CT molecular complexity index is 505. The second-order valence-corrected chi connectivity index (χ2v) is 4.19. The van der Waals surface area contributed by atoms with Gasteiger partial charge in [-0.15, -0.1) is 0 Å². The molecule has 0 aromatic heterocycles. The highest BCUT2D eigenvalue weighted by Crippen LogP contribution is 2.22. The standard InChI is InChI=1S/C13H17FN2O4/c1-7(17)10-5-4-9(6-11(10)14)20-8(2)12(18)16-13(19)15-3/h4-8,17H,1-3H3,(H2,15,16,18,19)/t7-,8?/m1/s1. The van der Waals surface area contributed by atoms with E-state index in [0.717, 1.165) is 6.07 Å². The summed E-state index contributed by atoms with van der Waals surface area (Å²) in [7, 11) is 1.37. The predicted molar refractivity (Wildman–Crippen MR) is 69.7 cm³/mol. The number of halogens is 1. The number of hydrogen-bond acceptors (Lipinski definition) is 4. The molecule has 0 bridgehead atoms. The van der Waals surface area contributed by atoms with Gasteiger partial charge in [0.2, 0.25) is 0 Å². The van der Waals surface area contributed by atoms with Crippen LogP contribution in [0.5, 0.6) is 5.75 Å². The molecule has 0 radical (unpaired) electrons. The fourth-order valence-corrected chi connectivity index (χ4v) is 1.45. The molecule has 3 amide bonds. The smallest absolute Gasteiger partial charge is 0.321 e. The van der Waals surface area contributed by atoms with Crippen molar-refractivity contribution in [3.8, 4) is 5.75 Å². The monoisotopic (exact) mass is 284 g/mol. The first-order valence-corrected chi connectivity index (χ1v) is 6.02. The van der Waals surface area contributed by atoms with Gasteiger partial charge in [-0.3, -0.25) is 10.1 Å². The van der Waals surface area contributed by atoms with Gasteiger partial charge in [0.05, 0.1) is 6.10 Å². The van der Waals surface area contributed by atoms with Crippen molar-refractivity contribution in [1.29, 1.82) is 0 Å². The first-order chi connectivity index (χ1) is 9.35. The normalized spacial score (nSPS) is 13.2.